The van der Waals surface area contributed by atoms with Crippen molar-refractivity contribution in [1.82, 2.24) is 10.3 Å². The average molecular weight is 284 g/mol. The Kier molecular flexibility index (Phi) is 7.20. The number of nitrogens with one attached hydrogen (secondary N) is 1. The van der Waals surface area contributed by atoms with Gasteiger partial charge in [-0.25, -0.2) is 4.98 Å². The molecular formula is C13H20N2OS2. The molecule has 0 radical (unpaired) electrons. The molecule has 0 bridgehead atoms. The summed E-state index contributed by atoms with van der Waals surface area (Å²) in [4.78, 5) is 17.1. The van der Waals surface area contributed by atoms with E-state index in [1.165, 1.54) is 0 Å². The second-order valence-corrected chi connectivity index (χ2v) is 6.95. The van der Waals surface area contributed by atoms with Crippen molar-refractivity contribution >= 4 is 29.4 Å². The monoisotopic (exact) mass is 284 g/mol. The summed E-state index contributed by atoms with van der Waals surface area (Å²) in [6.45, 7) is 7.07. The van der Waals surface area contributed by atoms with Gasteiger partial charge in [-0.3, -0.25) is 4.79 Å². The van der Waals surface area contributed by atoms with Crippen molar-refractivity contribution in [2.75, 3.05) is 18.1 Å². The molecule has 0 saturated carbocycles. The van der Waals surface area contributed by atoms with Crippen molar-refractivity contribution in [1.29, 1.82) is 0 Å². The third kappa shape index (κ3) is 5.31. The minimum absolute atomic E-state index is 0.0732. The van der Waals surface area contributed by atoms with Crippen LogP contribution >= 0.6 is 23.5 Å². The number of pyridine rings is 1. The molecule has 0 aliphatic heterocycles. The largest absolute Gasteiger partial charge is 0.350 e. The lowest BCUT2D eigenvalue weighted by Gasteiger charge is -2.09. The Morgan fingerprint density at radius 3 is 2.94 bits per heavy atom. The molecule has 5 heteroatoms. The van der Waals surface area contributed by atoms with E-state index in [9.17, 15) is 4.79 Å². The van der Waals surface area contributed by atoms with Crippen LogP contribution < -0.4 is 5.32 Å². The van der Waals surface area contributed by atoms with Crippen molar-refractivity contribution in [2.24, 2.45) is 0 Å². The number of carbonyl (C=O) groups is 1. The first-order chi connectivity index (χ1) is 8.65. The predicted octanol–water partition coefficient (Wildman–Crippen LogP) is 3.07. The fourth-order valence-corrected chi connectivity index (χ4v) is 2.84. The van der Waals surface area contributed by atoms with Crippen LogP contribution in [0.15, 0.2) is 23.2 Å². The van der Waals surface area contributed by atoms with Gasteiger partial charge >= 0.3 is 0 Å². The lowest BCUT2D eigenvalue weighted by atomic mass is 10.3. The lowest BCUT2D eigenvalue weighted by Crippen LogP contribution is -2.27. The molecule has 0 aromatic carbocycles. The molecule has 100 valence electrons. The van der Waals surface area contributed by atoms with Crippen LogP contribution in [0.4, 0.5) is 0 Å². The Morgan fingerprint density at radius 1 is 1.50 bits per heavy atom. The molecular weight excluding hydrogens is 264 g/mol. The molecule has 1 aromatic rings. The Hall–Kier alpha value is -0.680. The van der Waals surface area contributed by atoms with E-state index in [-0.39, 0.29) is 5.91 Å². The summed E-state index contributed by atoms with van der Waals surface area (Å²) < 4.78 is 0. The Labute approximate surface area is 118 Å². The van der Waals surface area contributed by atoms with Crippen molar-refractivity contribution < 1.29 is 4.79 Å². The van der Waals surface area contributed by atoms with Crippen LogP contribution in [-0.4, -0.2) is 34.2 Å². The number of thioether (sulfide) groups is 2. The third-order valence-corrected chi connectivity index (χ3v) is 4.16. The van der Waals surface area contributed by atoms with Crippen molar-refractivity contribution in [3.8, 4) is 0 Å². The van der Waals surface area contributed by atoms with Gasteiger partial charge in [0.25, 0.3) is 5.91 Å². The number of aromatic nitrogens is 1. The van der Waals surface area contributed by atoms with Gasteiger partial charge in [0.1, 0.15) is 5.69 Å². The summed E-state index contributed by atoms with van der Waals surface area (Å²) >= 11 is 3.49. The third-order valence-electron chi connectivity index (χ3n) is 2.12. The van der Waals surface area contributed by atoms with Crippen LogP contribution in [0.1, 0.15) is 31.3 Å². The van der Waals surface area contributed by atoms with E-state index in [1.807, 2.05) is 23.9 Å². The summed E-state index contributed by atoms with van der Waals surface area (Å²) in [5, 5.41) is 3.52. The van der Waals surface area contributed by atoms with Gasteiger partial charge in [-0.15, -0.1) is 11.8 Å². The molecule has 3 nitrogen and oxygen atoms in total. The summed E-state index contributed by atoms with van der Waals surface area (Å²) in [7, 11) is 0. The van der Waals surface area contributed by atoms with Crippen LogP contribution in [0.2, 0.25) is 0 Å². The van der Waals surface area contributed by atoms with Crippen molar-refractivity contribution in [2.45, 2.75) is 30.9 Å². The van der Waals surface area contributed by atoms with Crippen molar-refractivity contribution in [3.05, 3.63) is 24.0 Å². The van der Waals surface area contributed by atoms with Crippen LogP contribution in [0.3, 0.4) is 0 Å². The molecule has 0 saturated heterocycles. The quantitative estimate of drug-likeness (QED) is 0.617. The smallest absolute Gasteiger partial charge is 0.271 e. The molecule has 1 heterocycles. The van der Waals surface area contributed by atoms with Crippen LogP contribution in [0, 0.1) is 0 Å². The first kappa shape index (κ1) is 15.4. The number of nitrogens with zero attached hydrogens (tertiary/aromatic N) is 1. The topological polar surface area (TPSA) is 42.0 Å². The summed E-state index contributed by atoms with van der Waals surface area (Å²) in [6, 6.07) is 3.81. The zero-order valence-electron chi connectivity index (χ0n) is 11.1. The molecule has 0 fully saturated rings. The SMILES string of the molecule is CCSc1cccnc1C(=O)NCCSC(C)C. The minimum Gasteiger partial charge on any atom is -0.350 e. The van der Waals surface area contributed by atoms with Gasteiger partial charge in [-0.1, -0.05) is 20.8 Å². The maximum absolute atomic E-state index is 12.0. The second-order valence-electron chi connectivity index (χ2n) is 3.96. The fourth-order valence-electron chi connectivity index (χ4n) is 1.38. The first-order valence-corrected chi connectivity index (χ1v) is 8.16. The van der Waals surface area contributed by atoms with Gasteiger partial charge in [-0.2, -0.15) is 11.8 Å². The molecule has 0 aliphatic rings. The Bertz CT molecular complexity index is 383. The van der Waals surface area contributed by atoms with Gasteiger partial charge in [0, 0.05) is 23.4 Å². The summed E-state index contributed by atoms with van der Waals surface area (Å²) in [5.74, 6) is 1.80. The zero-order valence-corrected chi connectivity index (χ0v) is 12.7. The maximum Gasteiger partial charge on any atom is 0.271 e. The molecule has 1 N–H and O–H groups in total. The number of rotatable bonds is 7. The molecule has 0 spiro atoms. The van der Waals surface area contributed by atoms with Gasteiger partial charge in [-0.05, 0) is 23.1 Å². The van der Waals surface area contributed by atoms with E-state index < -0.39 is 0 Å². The predicted molar refractivity (Wildman–Crippen MR) is 80.6 cm³/mol. The summed E-state index contributed by atoms with van der Waals surface area (Å²) in [5.41, 5.74) is 0.541. The highest BCUT2D eigenvalue weighted by Gasteiger charge is 2.11. The molecule has 0 unspecified atom stereocenters. The van der Waals surface area contributed by atoms with E-state index in [4.69, 9.17) is 0 Å². The van der Waals surface area contributed by atoms with Gasteiger partial charge in [0.2, 0.25) is 0 Å². The first-order valence-electron chi connectivity index (χ1n) is 6.12. The maximum atomic E-state index is 12.0. The highest BCUT2D eigenvalue weighted by Crippen LogP contribution is 2.20. The Morgan fingerprint density at radius 2 is 2.28 bits per heavy atom. The number of hydrogen-bond donors (Lipinski definition) is 1. The zero-order chi connectivity index (χ0) is 13.4. The summed E-state index contributed by atoms with van der Waals surface area (Å²) in [6.07, 6.45) is 1.66. The lowest BCUT2D eigenvalue weighted by molar-refractivity contribution is 0.0948. The molecule has 1 amide bonds. The standard InChI is InChI=1S/C13H20N2OS2/c1-4-17-11-6-5-7-14-12(11)13(16)15-8-9-18-10(2)3/h5-7,10H,4,8-9H2,1-3H3,(H,15,16). The number of hydrogen-bond acceptors (Lipinski definition) is 4. The molecule has 1 aromatic heterocycles. The molecule has 18 heavy (non-hydrogen) atoms. The van der Waals surface area contributed by atoms with E-state index in [2.05, 4.69) is 31.1 Å². The molecule has 0 atom stereocenters. The normalized spacial score (nSPS) is 10.7. The van der Waals surface area contributed by atoms with E-state index in [1.54, 1.807) is 18.0 Å². The van der Waals surface area contributed by atoms with E-state index >= 15 is 0 Å². The Balaban J connectivity index is 2.50. The highest BCUT2D eigenvalue weighted by atomic mass is 32.2. The van der Waals surface area contributed by atoms with Gasteiger partial charge in [0.05, 0.1) is 0 Å². The molecule has 1 rings (SSSR count). The molecule has 0 aliphatic carbocycles. The van der Waals surface area contributed by atoms with Crippen LogP contribution in [-0.2, 0) is 0 Å². The van der Waals surface area contributed by atoms with E-state index in [0.717, 1.165) is 16.4 Å². The van der Waals surface area contributed by atoms with Crippen LogP contribution in [0.25, 0.3) is 0 Å². The van der Waals surface area contributed by atoms with Crippen LogP contribution in [0.5, 0.6) is 0 Å². The number of carbonyl (C=O) groups excluding carboxylic acids is 1. The highest BCUT2D eigenvalue weighted by molar-refractivity contribution is 7.99. The minimum atomic E-state index is -0.0732. The van der Waals surface area contributed by atoms with Crippen molar-refractivity contribution in [3.63, 3.8) is 0 Å². The average Bonchev–Trinajstić information content (AvgIpc) is 2.35. The van der Waals surface area contributed by atoms with Gasteiger partial charge in [0.15, 0.2) is 0 Å². The number of amides is 1. The second kappa shape index (κ2) is 8.43. The fraction of sp³-hybridized carbons (Fsp3) is 0.538. The van der Waals surface area contributed by atoms with Gasteiger partial charge < -0.3 is 5.32 Å². The van der Waals surface area contributed by atoms with E-state index in [0.29, 0.717) is 17.5 Å².